The number of carbonyl (C=O) groups is 2. The first kappa shape index (κ1) is 21.6. The maximum atomic E-state index is 12.5. The van der Waals surface area contributed by atoms with Crippen molar-refractivity contribution >= 4 is 34.8 Å². The van der Waals surface area contributed by atoms with Crippen LogP contribution in [0, 0.1) is 5.92 Å². The number of benzene rings is 2. The lowest BCUT2D eigenvalue weighted by molar-refractivity contribution is -0.120. The van der Waals surface area contributed by atoms with E-state index < -0.39 is 0 Å². The van der Waals surface area contributed by atoms with Gasteiger partial charge in [-0.3, -0.25) is 9.59 Å². The van der Waals surface area contributed by atoms with E-state index in [1.807, 2.05) is 19.1 Å². The Morgan fingerprint density at radius 2 is 1.57 bits per heavy atom. The third-order valence-corrected chi connectivity index (χ3v) is 4.59. The molecular weight excluding hydrogens is 370 g/mol. The van der Waals surface area contributed by atoms with Crippen LogP contribution in [0.15, 0.2) is 48.5 Å². The Labute approximate surface area is 171 Å². The van der Waals surface area contributed by atoms with Crippen molar-refractivity contribution in [1.82, 2.24) is 10.6 Å². The quantitative estimate of drug-likeness (QED) is 0.648. The van der Waals surface area contributed by atoms with Crippen LogP contribution in [0.4, 0.5) is 5.69 Å². The summed E-state index contributed by atoms with van der Waals surface area (Å²) in [6.07, 6.45) is 1.02. The van der Waals surface area contributed by atoms with Crippen molar-refractivity contribution in [1.29, 1.82) is 0 Å². The highest BCUT2D eigenvalue weighted by atomic mass is 32.1. The Balaban J connectivity index is 1.92. The fourth-order valence-corrected chi connectivity index (χ4v) is 3.02. The summed E-state index contributed by atoms with van der Waals surface area (Å²) in [7, 11) is 1.58. The molecule has 0 aromatic heterocycles. The predicted octanol–water partition coefficient (Wildman–Crippen LogP) is 3.86. The van der Waals surface area contributed by atoms with Gasteiger partial charge in [0.15, 0.2) is 5.11 Å². The van der Waals surface area contributed by atoms with E-state index in [0.717, 1.165) is 12.0 Å². The van der Waals surface area contributed by atoms with E-state index in [4.69, 9.17) is 12.2 Å². The monoisotopic (exact) mass is 397 g/mol. The van der Waals surface area contributed by atoms with E-state index in [0.29, 0.717) is 17.2 Å². The van der Waals surface area contributed by atoms with Gasteiger partial charge in [-0.2, -0.15) is 0 Å². The smallest absolute Gasteiger partial charge is 0.251 e. The minimum Gasteiger partial charge on any atom is -0.355 e. The molecule has 2 rings (SSSR count). The number of hydrogen-bond donors (Lipinski definition) is 3. The molecule has 0 radical (unpaired) electrons. The van der Waals surface area contributed by atoms with Crippen LogP contribution in [-0.4, -0.2) is 24.0 Å². The molecule has 1 atom stereocenters. The van der Waals surface area contributed by atoms with Gasteiger partial charge >= 0.3 is 0 Å². The molecule has 3 N–H and O–H groups in total. The number of hydrogen-bond acceptors (Lipinski definition) is 3. The van der Waals surface area contributed by atoms with Crippen LogP contribution in [0.25, 0.3) is 0 Å². The lowest BCUT2D eigenvalue weighted by Crippen LogP contribution is -2.36. The molecule has 0 aliphatic rings. The van der Waals surface area contributed by atoms with Crippen molar-refractivity contribution in [2.24, 2.45) is 5.92 Å². The third-order valence-electron chi connectivity index (χ3n) is 4.39. The third kappa shape index (κ3) is 6.16. The molecule has 2 aromatic rings. The molecule has 0 saturated carbocycles. The minimum atomic E-state index is -0.316. The van der Waals surface area contributed by atoms with Gasteiger partial charge in [0.2, 0.25) is 5.91 Å². The Bertz CT molecular complexity index is 830. The van der Waals surface area contributed by atoms with E-state index in [9.17, 15) is 9.59 Å². The van der Waals surface area contributed by atoms with Gasteiger partial charge < -0.3 is 16.0 Å². The Kier molecular flexibility index (Phi) is 7.70. The van der Waals surface area contributed by atoms with Crippen LogP contribution in [0.3, 0.4) is 0 Å². The van der Waals surface area contributed by atoms with Gasteiger partial charge in [-0.1, -0.05) is 38.1 Å². The van der Waals surface area contributed by atoms with E-state index in [1.54, 1.807) is 31.3 Å². The van der Waals surface area contributed by atoms with Gasteiger partial charge in [-0.15, -0.1) is 0 Å². The minimum absolute atomic E-state index is 0.157. The highest BCUT2D eigenvalue weighted by Crippen LogP contribution is 2.18. The molecule has 0 aliphatic heterocycles. The highest BCUT2D eigenvalue weighted by molar-refractivity contribution is 7.80. The van der Waals surface area contributed by atoms with Crippen molar-refractivity contribution in [2.45, 2.75) is 33.1 Å². The van der Waals surface area contributed by atoms with E-state index in [1.165, 1.54) is 5.56 Å². The molecule has 0 heterocycles. The number of amides is 2. The fraction of sp³-hybridized carbons (Fsp3) is 0.318. The van der Waals surface area contributed by atoms with Gasteiger partial charge in [-0.05, 0) is 66.9 Å². The summed E-state index contributed by atoms with van der Waals surface area (Å²) in [5.74, 6) is -0.0457. The molecule has 5 nitrogen and oxygen atoms in total. The molecular formula is C22H27N3O2S. The number of rotatable bonds is 6. The molecule has 2 amide bonds. The second kappa shape index (κ2) is 9.99. The summed E-state index contributed by atoms with van der Waals surface area (Å²) in [4.78, 5) is 24.1. The summed E-state index contributed by atoms with van der Waals surface area (Å²) in [6, 6.07) is 15.0. The Morgan fingerprint density at radius 1 is 0.964 bits per heavy atom. The first-order valence-electron chi connectivity index (χ1n) is 9.33. The van der Waals surface area contributed by atoms with Crippen LogP contribution in [0.1, 0.15) is 48.2 Å². The van der Waals surface area contributed by atoms with Gasteiger partial charge in [0, 0.05) is 18.3 Å². The highest BCUT2D eigenvalue weighted by Gasteiger charge is 2.16. The summed E-state index contributed by atoms with van der Waals surface area (Å²) >= 11 is 5.23. The molecule has 0 bridgehead atoms. The molecule has 0 fully saturated rings. The second-order valence-corrected chi connectivity index (χ2v) is 7.57. The lowest BCUT2D eigenvalue weighted by atomic mass is 9.96. The molecule has 0 aliphatic carbocycles. The maximum Gasteiger partial charge on any atom is 0.251 e. The van der Waals surface area contributed by atoms with Crippen LogP contribution < -0.4 is 16.0 Å². The zero-order valence-electron chi connectivity index (χ0n) is 16.7. The SMILES string of the molecule is CNC(=O)c1ccc(NC(=S)NC(=O)C(C)c2ccc(CC(C)C)cc2)cc1. The predicted molar refractivity (Wildman–Crippen MR) is 118 cm³/mol. The van der Waals surface area contributed by atoms with Crippen molar-refractivity contribution in [2.75, 3.05) is 12.4 Å². The summed E-state index contributed by atoms with van der Waals surface area (Å²) in [5.41, 5.74) is 3.47. The zero-order valence-corrected chi connectivity index (χ0v) is 17.5. The molecule has 6 heteroatoms. The fourth-order valence-electron chi connectivity index (χ4n) is 2.80. The largest absolute Gasteiger partial charge is 0.355 e. The van der Waals surface area contributed by atoms with Crippen LogP contribution in [0.2, 0.25) is 0 Å². The van der Waals surface area contributed by atoms with Crippen molar-refractivity contribution in [3.63, 3.8) is 0 Å². The molecule has 0 spiro atoms. The summed E-state index contributed by atoms with van der Waals surface area (Å²) in [6.45, 7) is 6.22. The van der Waals surface area contributed by atoms with Gasteiger partial charge in [0.25, 0.3) is 5.91 Å². The van der Waals surface area contributed by atoms with Gasteiger partial charge in [-0.25, -0.2) is 0 Å². The number of anilines is 1. The van der Waals surface area contributed by atoms with Crippen LogP contribution >= 0.6 is 12.2 Å². The molecule has 0 saturated heterocycles. The Morgan fingerprint density at radius 3 is 2.11 bits per heavy atom. The van der Waals surface area contributed by atoms with Gasteiger partial charge in [0.1, 0.15) is 0 Å². The van der Waals surface area contributed by atoms with Crippen molar-refractivity contribution in [3.8, 4) is 0 Å². The first-order chi connectivity index (χ1) is 13.3. The number of carbonyl (C=O) groups excluding carboxylic acids is 2. The van der Waals surface area contributed by atoms with Gasteiger partial charge in [0.05, 0.1) is 5.92 Å². The zero-order chi connectivity index (χ0) is 20.7. The summed E-state index contributed by atoms with van der Waals surface area (Å²) in [5, 5.41) is 8.48. The number of nitrogens with one attached hydrogen (secondary N) is 3. The van der Waals surface area contributed by atoms with E-state index >= 15 is 0 Å². The van der Waals surface area contributed by atoms with E-state index in [2.05, 4.69) is 41.9 Å². The molecule has 28 heavy (non-hydrogen) atoms. The van der Waals surface area contributed by atoms with Crippen molar-refractivity contribution < 1.29 is 9.59 Å². The summed E-state index contributed by atoms with van der Waals surface area (Å²) < 4.78 is 0. The number of thiocarbonyl (C=S) groups is 1. The van der Waals surface area contributed by atoms with Crippen molar-refractivity contribution in [3.05, 3.63) is 65.2 Å². The average molecular weight is 398 g/mol. The topological polar surface area (TPSA) is 70.2 Å². The van der Waals surface area contributed by atoms with Crippen LogP contribution in [-0.2, 0) is 11.2 Å². The normalized spacial score (nSPS) is 11.6. The Hall–Kier alpha value is -2.73. The molecule has 148 valence electrons. The van der Waals surface area contributed by atoms with Crippen LogP contribution in [0.5, 0.6) is 0 Å². The standard InChI is InChI=1S/C22H27N3O2S/c1-14(2)13-16-5-7-17(8-6-16)15(3)20(26)25-22(28)24-19-11-9-18(10-12-19)21(27)23-4/h5-12,14-15H,13H2,1-4H3,(H,23,27)(H2,24,25,26,28). The van der Waals surface area contributed by atoms with E-state index in [-0.39, 0.29) is 22.8 Å². The maximum absolute atomic E-state index is 12.5. The first-order valence-corrected chi connectivity index (χ1v) is 9.73. The molecule has 1 unspecified atom stereocenters. The molecule has 2 aromatic carbocycles. The lowest BCUT2D eigenvalue weighted by Gasteiger charge is -2.15. The average Bonchev–Trinajstić information content (AvgIpc) is 2.67. The second-order valence-electron chi connectivity index (χ2n) is 7.16.